The van der Waals surface area contributed by atoms with Crippen LogP contribution in [0.1, 0.15) is 34.1 Å². The van der Waals surface area contributed by atoms with E-state index in [4.69, 9.17) is 0 Å². The Kier molecular flexibility index (Phi) is 5.49. The maximum atomic E-state index is 15.1. The standard InChI is InChI=1S/C25H25FN6O2/c1-14-10-29-32-22-9-19(26)17(8-21(22)30-25(34)23(14)32)13-31-7-6-18(15(2)12-31)16-4-5-20(28-11-16)24(33)27-3/h4-6,8-11,15H,7,12-13H2,1-3H3,(H,27,33)(H,30,34). The summed E-state index contributed by atoms with van der Waals surface area (Å²) >= 11 is 0. The van der Waals surface area contributed by atoms with Crippen LogP contribution >= 0.6 is 0 Å². The molecule has 4 aromatic rings. The quantitative estimate of drug-likeness (QED) is 0.488. The second kappa shape index (κ2) is 8.49. The molecule has 8 nitrogen and oxygen atoms in total. The van der Waals surface area contributed by atoms with Gasteiger partial charge in [-0.15, -0.1) is 0 Å². The zero-order valence-corrected chi connectivity index (χ0v) is 19.2. The second-order valence-electron chi connectivity index (χ2n) is 8.77. The Hall–Kier alpha value is -3.85. The topological polar surface area (TPSA) is 95.4 Å². The number of H-pyrrole nitrogens is 1. The normalized spacial score (nSPS) is 16.7. The van der Waals surface area contributed by atoms with Crippen molar-refractivity contribution < 1.29 is 9.18 Å². The third-order valence-electron chi connectivity index (χ3n) is 6.39. The average molecular weight is 461 g/mol. The third kappa shape index (κ3) is 3.77. The molecule has 1 aliphatic heterocycles. The number of pyridine rings is 1. The molecule has 4 heterocycles. The smallest absolute Gasteiger partial charge is 0.274 e. The number of aryl methyl sites for hydroxylation is 1. The van der Waals surface area contributed by atoms with E-state index in [1.807, 2.05) is 6.07 Å². The number of carbonyl (C=O) groups excluding carboxylic acids is 1. The number of fused-ring (bicyclic) bond motifs is 3. The lowest BCUT2D eigenvalue weighted by Gasteiger charge is -2.31. The van der Waals surface area contributed by atoms with Gasteiger partial charge in [0, 0.05) is 50.1 Å². The Balaban J connectivity index is 1.39. The number of aromatic amines is 1. The van der Waals surface area contributed by atoms with Gasteiger partial charge in [0.15, 0.2) is 0 Å². The molecule has 0 fully saturated rings. The zero-order chi connectivity index (χ0) is 24.0. The Morgan fingerprint density at radius 3 is 2.82 bits per heavy atom. The van der Waals surface area contributed by atoms with Crippen LogP contribution in [0.4, 0.5) is 4.39 Å². The number of nitrogens with one attached hydrogen (secondary N) is 2. The predicted octanol–water partition coefficient (Wildman–Crippen LogP) is 2.91. The fourth-order valence-corrected chi connectivity index (χ4v) is 4.66. The summed E-state index contributed by atoms with van der Waals surface area (Å²) in [5.74, 6) is -0.340. The van der Waals surface area contributed by atoms with Gasteiger partial charge < -0.3 is 10.3 Å². The molecule has 0 radical (unpaired) electrons. The maximum absolute atomic E-state index is 15.1. The fourth-order valence-electron chi connectivity index (χ4n) is 4.66. The highest BCUT2D eigenvalue weighted by Crippen LogP contribution is 2.29. The van der Waals surface area contributed by atoms with E-state index in [1.54, 1.807) is 38.5 Å². The number of amides is 1. The lowest BCUT2D eigenvalue weighted by Crippen LogP contribution is -2.33. The molecular formula is C25H25FN6O2. The highest BCUT2D eigenvalue weighted by molar-refractivity contribution is 5.92. The minimum atomic E-state index is -0.328. The number of benzene rings is 1. The molecule has 0 spiro atoms. The van der Waals surface area contributed by atoms with Crippen molar-refractivity contribution in [2.24, 2.45) is 5.92 Å². The number of nitrogens with zero attached hydrogens (tertiary/aromatic N) is 4. The van der Waals surface area contributed by atoms with Crippen LogP contribution < -0.4 is 10.9 Å². The first-order valence-electron chi connectivity index (χ1n) is 11.2. The molecule has 9 heteroatoms. The molecule has 1 unspecified atom stereocenters. The molecule has 0 saturated heterocycles. The van der Waals surface area contributed by atoms with E-state index in [0.29, 0.717) is 40.9 Å². The van der Waals surface area contributed by atoms with Gasteiger partial charge >= 0.3 is 0 Å². The van der Waals surface area contributed by atoms with Gasteiger partial charge in [0.1, 0.15) is 17.0 Å². The largest absolute Gasteiger partial charge is 0.354 e. The van der Waals surface area contributed by atoms with Crippen molar-refractivity contribution in [3.8, 4) is 0 Å². The SMILES string of the molecule is CNC(=O)c1ccc(C2=CCN(Cc3cc4[nH]c(=O)c5c(C)cnn5c4cc3F)CC2C)cn1. The first kappa shape index (κ1) is 22.0. The van der Waals surface area contributed by atoms with Crippen molar-refractivity contribution in [2.45, 2.75) is 20.4 Å². The van der Waals surface area contributed by atoms with Crippen molar-refractivity contribution in [2.75, 3.05) is 20.1 Å². The summed E-state index contributed by atoms with van der Waals surface area (Å²) in [5.41, 5.74) is 5.06. The van der Waals surface area contributed by atoms with Crippen LogP contribution in [0, 0.1) is 18.7 Å². The van der Waals surface area contributed by atoms with Gasteiger partial charge in [0.05, 0.1) is 17.2 Å². The van der Waals surface area contributed by atoms with Gasteiger partial charge in [0.25, 0.3) is 11.5 Å². The van der Waals surface area contributed by atoms with Crippen molar-refractivity contribution in [1.82, 2.24) is 29.8 Å². The van der Waals surface area contributed by atoms with E-state index in [2.05, 4.69) is 38.3 Å². The van der Waals surface area contributed by atoms with Crippen LogP contribution in [-0.2, 0) is 6.54 Å². The zero-order valence-electron chi connectivity index (χ0n) is 19.2. The first-order valence-corrected chi connectivity index (χ1v) is 11.2. The van der Waals surface area contributed by atoms with Crippen molar-refractivity contribution in [1.29, 1.82) is 0 Å². The Morgan fingerprint density at radius 2 is 2.12 bits per heavy atom. The van der Waals surface area contributed by atoms with E-state index in [1.165, 1.54) is 10.6 Å². The van der Waals surface area contributed by atoms with Crippen molar-refractivity contribution in [3.63, 3.8) is 0 Å². The third-order valence-corrected chi connectivity index (χ3v) is 6.39. The van der Waals surface area contributed by atoms with E-state index >= 15 is 4.39 Å². The minimum absolute atomic E-state index is 0.205. The molecule has 0 aliphatic carbocycles. The lowest BCUT2D eigenvalue weighted by atomic mass is 9.91. The number of hydrogen-bond donors (Lipinski definition) is 2. The highest BCUT2D eigenvalue weighted by Gasteiger charge is 2.22. The van der Waals surface area contributed by atoms with E-state index in [9.17, 15) is 9.59 Å². The van der Waals surface area contributed by atoms with Crippen LogP contribution in [0.3, 0.4) is 0 Å². The summed E-state index contributed by atoms with van der Waals surface area (Å²) in [4.78, 5) is 33.5. The van der Waals surface area contributed by atoms with Crippen molar-refractivity contribution in [3.05, 3.63) is 81.3 Å². The molecule has 1 aromatic carbocycles. The predicted molar refractivity (Wildman–Crippen MR) is 128 cm³/mol. The second-order valence-corrected chi connectivity index (χ2v) is 8.77. The summed E-state index contributed by atoms with van der Waals surface area (Å²) in [6.07, 6.45) is 5.46. The van der Waals surface area contributed by atoms with Crippen LogP contribution in [0.2, 0.25) is 0 Å². The van der Waals surface area contributed by atoms with E-state index in [0.717, 1.165) is 23.2 Å². The monoisotopic (exact) mass is 460 g/mol. The maximum Gasteiger partial charge on any atom is 0.274 e. The molecule has 1 amide bonds. The lowest BCUT2D eigenvalue weighted by molar-refractivity contribution is 0.0958. The Bertz CT molecular complexity index is 1500. The van der Waals surface area contributed by atoms with E-state index < -0.39 is 0 Å². The molecule has 5 rings (SSSR count). The van der Waals surface area contributed by atoms with Gasteiger partial charge in [0.2, 0.25) is 0 Å². The van der Waals surface area contributed by atoms with Gasteiger partial charge in [-0.2, -0.15) is 5.10 Å². The summed E-state index contributed by atoms with van der Waals surface area (Å²) in [6, 6.07) is 6.77. The summed E-state index contributed by atoms with van der Waals surface area (Å²) < 4.78 is 16.6. The molecule has 3 aromatic heterocycles. The molecule has 0 bridgehead atoms. The molecule has 2 N–H and O–H groups in total. The number of hydrogen-bond acceptors (Lipinski definition) is 5. The average Bonchev–Trinajstić information content (AvgIpc) is 3.22. The summed E-state index contributed by atoms with van der Waals surface area (Å²) in [6.45, 7) is 5.74. The van der Waals surface area contributed by atoms with Gasteiger partial charge in [-0.05, 0) is 36.1 Å². The molecule has 1 atom stereocenters. The summed E-state index contributed by atoms with van der Waals surface area (Å²) in [5, 5.41) is 6.81. The fraction of sp³-hybridized carbons (Fsp3) is 0.280. The molecule has 0 saturated carbocycles. The van der Waals surface area contributed by atoms with Gasteiger partial charge in [-0.3, -0.25) is 19.5 Å². The number of carbonyl (C=O) groups is 1. The molecule has 34 heavy (non-hydrogen) atoms. The van der Waals surface area contributed by atoms with Crippen molar-refractivity contribution >= 4 is 28.0 Å². The summed E-state index contributed by atoms with van der Waals surface area (Å²) in [7, 11) is 1.58. The molecule has 174 valence electrons. The Morgan fingerprint density at radius 1 is 1.29 bits per heavy atom. The van der Waals surface area contributed by atoms with E-state index in [-0.39, 0.29) is 23.2 Å². The Labute approximate surface area is 195 Å². The van der Waals surface area contributed by atoms with Crippen LogP contribution in [0.5, 0.6) is 0 Å². The first-order chi connectivity index (χ1) is 16.4. The van der Waals surface area contributed by atoms with Crippen LogP contribution in [-0.4, -0.2) is 50.5 Å². The minimum Gasteiger partial charge on any atom is -0.354 e. The van der Waals surface area contributed by atoms with Crippen LogP contribution in [0.25, 0.3) is 22.1 Å². The van der Waals surface area contributed by atoms with Gasteiger partial charge in [-0.1, -0.05) is 19.1 Å². The highest BCUT2D eigenvalue weighted by atomic mass is 19.1. The van der Waals surface area contributed by atoms with Crippen LogP contribution in [0.15, 0.2) is 47.5 Å². The number of halogens is 1. The van der Waals surface area contributed by atoms with Gasteiger partial charge in [-0.25, -0.2) is 8.91 Å². The number of rotatable bonds is 4. The molecule has 1 aliphatic rings. The number of aromatic nitrogens is 4. The molecular weight excluding hydrogens is 435 g/mol.